The highest BCUT2D eigenvalue weighted by Crippen LogP contribution is 2.59. The fourth-order valence-electron chi connectivity index (χ4n) is 4.95. The van der Waals surface area contributed by atoms with Crippen molar-refractivity contribution in [1.82, 2.24) is 4.90 Å². The first-order valence-corrected chi connectivity index (χ1v) is 9.39. The molecule has 2 fully saturated rings. The lowest BCUT2D eigenvalue weighted by Gasteiger charge is -2.57. The maximum Gasteiger partial charge on any atom is 0.142 e. The Kier molecular flexibility index (Phi) is 4.07. The molecule has 4 aliphatic rings. The van der Waals surface area contributed by atoms with E-state index in [1.54, 1.807) is 12.7 Å². The zero-order valence-electron chi connectivity index (χ0n) is 15.3. The van der Waals surface area contributed by atoms with Crippen LogP contribution in [0, 0.1) is 17.3 Å². The first-order chi connectivity index (χ1) is 11.6. The number of anilines is 1. The van der Waals surface area contributed by atoms with Crippen molar-refractivity contribution in [2.45, 2.75) is 26.7 Å². The molecule has 1 aromatic rings. The number of rotatable bonds is 4. The molecule has 0 unspecified atom stereocenters. The van der Waals surface area contributed by atoms with Gasteiger partial charge in [-0.25, -0.2) is 0 Å². The molecule has 5 rings (SSSR count). The molecule has 0 spiro atoms. The van der Waals surface area contributed by atoms with Gasteiger partial charge in [0.25, 0.3) is 0 Å². The monoisotopic (exact) mass is 326 g/mol. The zero-order chi connectivity index (χ0) is 16.7. The van der Waals surface area contributed by atoms with Crippen molar-refractivity contribution in [2.24, 2.45) is 17.3 Å². The van der Waals surface area contributed by atoms with Gasteiger partial charge in [-0.15, -0.1) is 0 Å². The molecule has 3 aliphatic carbocycles. The molecule has 0 amide bonds. The number of hydrogen-bond acceptors (Lipinski definition) is 3. The molecule has 1 saturated carbocycles. The smallest absolute Gasteiger partial charge is 0.142 e. The van der Waals surface area contributed by atoms with E-state index in [4.69, 9.17) is 4.74 Å². The van der Waals surface area contributed by atoms with E-state index in [9.17, 15) is 0 Å². The van der Waals surface area contributed by atoms with Gasteiger partial charge in [-0.05, 0) is 42.2 Å². The number of fused-ring (bicyclic) bond motifs is 1. The van der Waals surface area contributed by atoms with Crippen LogP contribution in [0.15, 0.2) is 35.9 Å². The van der Waals surface area contributed by atoms with Gasteiger partial charge < -0.3 is 9.64 Å². The van der Waals surface area contributed by atoms with Crippen molar-refractivity contribution in [2.75, 3.05) is 44.7 Å². The van der Waals surface area contributed by atoms with Crippen molar-refractivity contribution in [1.29, 1.82) is 0 Å². The van der Waals surface area contributed by atoms with E-state index in [1.165, 1.54) is 25.1 Å². The summed E-state index contributed by atoms with van der Waals surface area (Å²) in [5.74, 6) is 2.76. The van der Waals surface area contributed by atoms with E-state index >= 15 is 0 Å². The van der Waals surface area contributed by atoms with Gasteiger partial charge in [-0.2, -0.15) is 0 Å². The predicted molar refractivity (Wildman–Crippen MR) is 99.7 cm³/mol. The van der Waals surface area contributed by atoms with Crippen LogP contribution in [-0.2, 0) is 0 Å². The van der Waals surface area contributed by atoms with Crippen LogP contribution in [0.2, 0.25) is 0 Å². The minimum Gasteiger partial charge on any atom is -0.495 e. The van der Waals surface area contributed by atoms with E-state index in [0.29, 0.717) is 5.41 Å². The number of nitrogens with zero attached hydrogens (tertiary/aromatic N) is 2. The summed E-state index contributed by atoms with van der Waals surface area (Å²) in [5.41, 5.74) is 3.50. The highest BCUT2D eigenvalue weighted by Gasteiger charge is 2.51. The largest absolute Gasteiger partial charge is 0.495 e. The van der Waals surface area contributed by atoms with Gasteiger partial charge in [0.2, 0.25) is 0 Å². The summed E-state index contributed by atoms with van der Waals surface area (Å²) in [6, 6.07) is 8.38. The Bertz CT molecular complexity index is 628. The van der Waals surface area contributed by atoms with Gasteiger partial charge in [0.15, 0.2) is 0 Å². The SMILES string of the molecule is COc1ccccc1N1CCN(CC2=CC[C@@H]3C[C@@H]2C3(C)C)CC1. The Hall–Kier alpha value is -1.48. The Morgan fingerprint density at radius 2 is 1.88 bits per heavy atom. The summed E-state index contributed by atoms with van der Waals surface area (Å²) in [6.07, 6.45) is 5.29. The highest BCUT2D eigenvalue weighted by atomic mass is 16.5. The van der Waals surface area contributed by atoms with Crippen LogP contribution in [0.4, 0.5) is 5.69 Å². The van der Waals surface area contributed by atoms with E-state index in [2.05, 4.69) is 47.9 Å². The summed E-state index contributed by atoms with van der Waals surface area (Å²) in [7, 11) is 1.76. The Balaban J connectivity index is 1.36. The molecule has 24 heavy (non-hydrogen) atoms. The van der Waals surface area contributed by atoms with Crippen LogP contribution in [0.5, 0.6) is 5.75 Å². The number of hydrogen-bond donors (Lipinski definition) is 0. The van der Waals surface area contributed by atoms with Gasteiger partial charge >= 0.3 is 0 Å². The summed E-state index contributed by atoms with van der Waals surface area (Å²) in [6.45, 7) is 10.6. The Morgan fingerprint density at radius 3 is 2.54 bits per heavy atom. The summed E-state index contributed by atoms with van der Waals surface area (Å²) >= 11 is 0. The number of allylic oxidation sites excluding steroid dienone is 1. The van der Waals surface area contributed by atoms with Gasteiger partial charge in [-0.1, -0.05) is 37.6 Å². The minimum atomic E-state index is 0.545. The molecule has 1 heterocycles. The van der Waals surface area contributed by atoms with Gasteiger partial charge in [0.05, 0.1) is 12.8 Å². The van der Waals surface area contributed by atoms with Gasteiger partial charge in [-0.3, -0.25) is 4.90 Å². The first kappa shape index (κ1) is 16.0. The fourth-order valence-corrected chi connectivity index (χ4v) is 4.95. The third-order valence-corrected chi connectivity index (χ3v) is 6.79. The third-order valence-electron chi connectivity index (χ3n) is 6.79. The molecular weight excluding hydrogens is 296 g/mol. The highest BCUT2D eigenvalue weighted by molar-refractivity contribution is 5.58. The number of benzene rings is 1. The lowest BCUT2D eigenvalue weighted by atomic mass is 9.49. The average Bonchev–Trinajstić information content (AvgIpc) is 2.62. The molecule has 3 nitrogen and oxygen atoms in total. The van der Waals surface area contributed by atoms with Crippen molar-refractivity contribution in [3.05, 3.63) is 35.9 Å². The van der Waals surface area contributed by atoms with Crippen LogP contribution in [0.1, 0.15) is 26.7 Å². The van der Waals surface area contributed by atoms with Crippen LogP contribution >= 0.6 is 0 Å². The topological polar surface area (TPSA) is 15.7 Å². The van der Waals surface area contributed by atoms with Crippen LogP contribution in [-0.4, -0.2) is 44.7 Å². The number of ether oxygens (including phenoxy) is 1. The normalized spacial score (nSPS) is 29.0. The van der Waals surface area contributed by atoms with Crippen LogP contribution < -0.4 is 9.64 Å². The maximum atomic E-state index is 5.52. The quantitative estimate of drug-likeness (QED) is 0.783. The molecule has 1 aromatic carbocycles. The predicted octanol–water partition coefficient (Wildman–Crippen LogP) is 3.81. The first-order valence-electron chi connectivity index (χ1n) is 9.39. The van der Waals surface area contributed by atoms with E-state index in [1.807, 2.05) is 6.07 Å². The lowest BCUT2D eigenvalue weighted by molar-refractivity contribution is -0.0107. The van der Waals surface area contributed by atoms with Gasteiger partial charge in [0, 0.05) is 32.7 Å². The standard InChI is InChI=1S/C21H30N2O/c1-21(2)17-9-8-16(18(21)14-17)15-22-10-12-23(13-11-22)19-6-4-5-7-20(19)24-3/h4-8,17-18H,9-15H2,1-3H3/t17-,18+/m1/s1. The maximum absolute atomic E-state index is 5.52. The minimum absolute atomic E-state index is 0.545. The Morgan fingerprint density at radius 1 is 1.12 bits per heavy atom. The van der Waals surface area contributed by atoms with E-state index in [-0.39, 0.29) is 0 Å². The summed E-state index contributed by atoms with van der Waals surface area (Å²) < 4.78 is 5.52. The molecule has 0 N–H and O–H groups in total. The number of para-hydroxylation sites is 2. The third kappa shape index (κ3) is 2.63. The van der Waals surface area contributed by atoms with Gasteiger partial charge in [0.1, 0.15) is 5.75 Å². The lowest BCUT2D eigenvalue weighted by Crippen LogP contribution is -2.52. The molecule has 3 heteroatoms. The van der Waals surface area contributed by atoms with Crippen molar-refractivity contribution in [3.63, 3.8) is 0 Å². The van der Waals surface area contributed by atoms with Crippen molar-refractivity contribution < 1.29 is 4.74 Å². The molecule has 2 atom stereocenters. The second kappa shape index (κ2) is 6.11. The number of methoxy groups -OCH3 is 1. The molecule has 0 aromatic heterocycles. The average molecular weight is 326 g/mol. The zero-order valence-corrected chi connectivity index (χ0v) is 15.3. The molecule has 0 radical (unpaired) electrons. The van der Waals surface area contributed by atoms with Crippen LogP contribution in [0.3, 0.4) is 0 Å². The second-order valence-corrected chi connectivity index (χ2v) is 8.26. The molecule has 1 saturated heterocycles. The van der Waals surface area contributed by atoms with Crippen molar-refractivity contribution in [3.8, 4) is 5.75 Å². The molecule has 2 bridgehead atoms. The van der Waals surface area contributed by atoms with Crippen LogP contribution in [0.25, 0.3) is 0 Å². The van der Waals surface area contributed by atoms with E-state index in [0.717, 1.165) is 43.8 Å². The molecule has 1 aliphatic heterocycles. The van der Waals surface area contributed by atoms with E-state index < -0.39 is 0 Å². The Labute approximate surface area is 146 Å². The number of piperazine rings is 1. The summed E-state index contributed by atoms with van der Waals surface area (Å²) in [4.78, 5) is 5.11. The fraction of sp³-hybridized carbons (Fsp3) is 0.619. The summed E-state index contributed by atoms with van der Waals surface area (Å²) in [5, 5.41) is 0. The second-order valence-electron chi connectivity index (χ2n) is 8.26. The molecule has 130 valence electrons. The molecular formula is C21H30N2O. The van der Waals surface area contributed by atoms with Crippen molar-refractivity contribution >= 4 is 5.69 Å².